The van der Waals surface area contributed by atoms with Crippen molar-refractivity contribution in [2.45, 2.75) is 0 Å². The zero-order valence-electron chi connectivity index (χ0n) is 8.09. The molecular formula is C9H9BrClN3O2. The molecule has 0 saturated heterocycles. The Balaban J connectivity index is 2.54. The first-order valence-electron chi connectivity index (χ1n) is 4.27. The van der Waals surface area contributed by atoms with Crippen molar-refractivity contribution in [3.63, 3.8) is 0 Å². The monoisotopic (exact) mass is 305 g/mol. The molecule has 1 rings (SSSR count). The number of anilines is 1. The Kier molecular flexibility index (Phi) is 4.57. The summed E-state index contributed by atoms with van der Waals surface area (Å²) in [5.41, 5.74) is 5.48. The van der Waals surface area contributed by atoms with E-state index in [-0.39, 0.29) is 6.54 Å². The van der Waals surface area contributed by atoms with Gasteiger partial charge in [-0.2, -0.15) is 0 Å². The van der Waals surface area contributed by atoms with Gasteiger partial charge in [0.25, 0.3) is 0 Å². The molecular weight excluding hydrogens is 297 g/mol. The molecule has 1 aromatic rings. The van der Waals surface area contributed by atoms with Gasteiger partial charge < -0.3 is 11.1 Å². The van der Waals surface area contributed by atoms with Crippen LogP contribution in [0.15, 0.2) is 22.7 Å². The second-order valence-electron chi connectivity index (χ2n) is 2.89. The van der Waals surface area contributed by atoms with Crippen molar-refractivity contribution in [1.29, 1.82) is 0 Å². The highest BCUT2D eigenvalue weighted by Gasteiger charge is 2.05. The summed E-state index contributed by atoms with van der Waals surface area (Å²) in [5, 5.41) is 5.34. The lowest BCUT2D eigenvalue weighted by Gasteiger charge is -2.07. The zero-order valence-corrected chi connectivity index (χ0v) is 10.4. The smallest absolute Gasteiger partial charge is 0.318 e. The molecule has 0 atom stereocenters. The van der Waals surface area contributed by atoms with Gasteiger partial charge in [-0.15, -0.1) is 0 Å². The first kappa shape index (κ1) is 12.8. The van der Waals surface area contributed by atoms with Crippen LogP contribution in [-0.4, -0.2) is 18.5 Å². The number of nitrogens with two attached hydrogens (primary N) is 1. The van der Waals surface area contributed by atoms with Gasteiger partial charge in [0.15, 0.2) is 0 Å². The quantitative estimate of drug-likeness (QED) is 0.795. The van der Waals surface area contributed by atoms with E-state index in [1.807, 2.05) is 5.32 Å². The van der Waals surface area contributed by atoms with Crippen molar-refractivity contribution in [2.24, 2.45) is 5.73 Å². The standard InChI is InChI=1S/C9H9BrClN3O2/c10-6-3-5(11)1-2-7(6)13-4-8(15)14-9(12)16/h1-3,13H,4H2,(H3,12,14,15,16). The van der Waals surface area contributed by atoms with Gasteiger partial charge in [0, 0.05) is 15.2 Å². The lowest BCUT2D eigenvalue weighted by atomic mass is 10.3. The number of rotatable bonds is 3. The Morgan fingerprint density at radius 1 is 1.44 bits per heavy atom. The Bertz CT molecular complexity index is 425. The SMILES string of the molecule is NC(=O)NC(=O)CNc1ccc(Cl)cc1Br. The van der Waals surface area contributed by atoms with Gasteiger partial charge in [0.1, 0.15) is 0 Å². The molecule has 1 aromatic carbocycles. The van der Waals surface area contributed by atoms with Crippen LogP contribution in [0.2, 0.25) is 5.02 Å². The highest BCUT2D eigenvalue weighted by molar-refractivity contribution is 9.10. The summed E-state index contributed by atoms with van der Waals surface area (Å²) in [7, 11) is 0. The fourth-order valence-electron chi connectivity index (χ4n) is 0.990. The average molecular weight is 307 g/mol. The normalized spacial score (nSPS) is 9.62. The van der Waals surface area contributed by atoms with Gasteiger partial charge in [-0.3, -0.25) is 10.1 Å². The van der Waals surface area contributed by atoms with Crippen LogP contribution in [0.1, 0.15) is 0 Å². The molecule has 0 spiro atoms. The molecule has 0 radical (unpaired) electrons. The van der Waals surface area contributed by atoms with E-state index in [1.165, 1.54) is 0 Å². The maximum Gasteiger partial charge on any atom is 0.318 e. The third-order valence-corrected chi connectivity index (χ3v) is 2.52. The van der Waals surface area contributed by atoms with Gasteiger partial charge >= 0.3 is 6.03 Å². The average Bonchev–Trinajstić information content (AvgIpc) is 2.15. The number of imide groups is 1. The molecule has 0 aliphatic carbocycles. The number of hydrogen-bond acceptors (Lipinski definition) is 3. The minimum Gasteiger partial charge on any atom is -0.375 e. The van der Waals surface area contributed by atoms with Crippen molar-refractivity contribution in [3.8, 4) is 0 Å². The van der Waals surface area contributed by atoms with Crippen LogP contribution in [0.3, 0.4) is 0 Å². The van der Waals surface area contributed by atoms with Crippen molar-refractivity contribution in [2.75, 3.05) is 11.9 Å². The molecule has 7 heteroatoms. The first-order chi connectivity index (χ1) is 7.49. The van der Waals surface area contributed by atoms with Crippen molar-refractivity contribution in [1.82, 2.24) is 5.32 Å². The molecule has 0 heterocycles. The van der Waals surface area contributed by atoms with Crippen LogP contribution in [0.25, 0.3) is 0 Å². The number of nitrogens with one attached hydrogen (secondary N) is 2. The summed E-state index contributed by atoms with van der Waals surface area (Å²) in [6, 6.07) is 4.21. The Morgan fingerprint density at radius 3 is 2.69 bits per heavy atom. The van der Waals surface area contributed by atoms with Crippen LogP contribution in [0.5, 0.6) is 0 Å². The largest absolute Gasteiger partial charge is 0.375 e. The van der Waals surface area contributed by atoms with Crippen molar-refractivity contribution < 1.29 is 9.59 Å². The van der Waals surface area contributed by atoms with Gasteiger partial charge in [0.2, 0.25) is 5.91 Å². The first-order valence-corrected chi connectivity index (χ1v) is 5.44. The Morgan fingerprint density at radius 2 is 2.12 bits per heavy atom. The lowest BCUT2D eigenvalue weighted by molar-refractivity contribution is -0.118. The van der Waals surface area contributed by atoms with E-state index in [0.29, 0.717) is 10.7 Å². The Labute approximate surface area is 105 Å². The fraction of sp³-hybridized carbons (Fsp3) is 0.111. The molecule has 5 nitrogen and oxygen atoms in total. The highest BCUT2D eigenvalue weighted by atomic mass is 79.9. The molecule has 0 unspecified atom stereocenters. The summed E-state index contributed by atoms with van der Waals surface area (Å²) >= 11 is 9.03. The third-order valence-electron chi connectivity index (χ3n) is 1.63. The minimum absolute atomic E-state index is 0.0524. The summed E-state index contributed by atoms with van der Waals surface area (Å²) in [6.07, 6.45) is 0. The van der Waals surface area contributed by atoms with Gasteiger partial charge in [0.05, 0.1) is 6.54 Å². The molecule has 0 bridgehead atoms. The van der Waals surface area contributed by atoms with Crippen LogP contribution in [0.4, 0.5) is 10.5 Å². The summed E-state index contributed by atoms with van der Waals surface area (Å²) < 4.78 is 0.729. The van der Waals surface area contributed by atoms with E-state index in [4.69, 9.17) is 17.3 Å². The van der Waals surface area contributed by atoms with E-state index in [2.05, 4.69) is 21.2 Å². The van der Waals surface area contributed by atoms with E-state index in [9.17, 15) is 9.59 Å². The maximum atomic E-state index is 11.1. The minimum atomic E-state index is -0.873. The molecule has 86 valence electrons. The van der Waals surface area contributed by atoms with E-state index in [1.54, 1.807) is 18.2 Å². The highest BCUT2D eigenvalue weighted by Crippen LogP contribution is 2.25. The number of carbonyl (C=O) groups is 2. The van der Waals surface area contributed by atoms with Crippen LogP contribution < -0.4 is 16.4 Å². The summed E-state index contributed by atoms with van der Waals surface area (Å²) in [5.74, 6) is -0.505. The number of benzene rings is 1. The maximum absolute atomic E-state index is 11.1. The number of urea groups is 1. The molecule has 3 amide bonds. The molecule has 4 N–H and O–H groups in total. The fourth-order valence-corrected chi connectivity index (χ4v) is 1.81. The molecule has 16 heavy (non-hydrogen) atoms. The third kappa shape index (κ3) is 4.08. The number of halogens is 2. The summed E-state index contributed by atoms with van der Waals surface area (Å²) in [6.45, 7) is -0.0524. The molecule has 0 fully saturated rings. The number of carbonyl (C=O) groups excluding carboxylic acids is 2. The Hall–Kier alpha value is -1.27. The summed E-state index contributed by atoms with van der Waals surface area (Å²) in [4.78, 5) is 21.5. The topological polar surface area (TPSA) is 84.2 Å². The second-order valence-corrected chi connectivity index (χ2v) is 4.18. The number of primary amides is 1. The molecule has 0 aliphatic heterocycles. The van der Waals surface area contributed by atoms with Gasteiger partial charge in [-0.05, 0) is 34.1 Å². The van der Waals surface area contributed by atoms with Gasteiger partial charge in [-0.1, -0.05) is 11.6 Å². The number of amides is 3. The van der Waals surface area contributed by atoms with Crippen LogP contribution >= 0.6 is 27.5 Å². The van der Waals surface area contributed by atoms with E-state index in [0.717, 1.165) is 4.47 Å². The molecule has 0 aliphatic rings. The second kappa shape index (κ2) is 5.72. The van der Waals surface area contributed by atoms with E-state index >= 15 is 0 Å². The zero-order chi connectivity index (χ0) is 12.1. The van der Waals surface area contributed by atoms with Crippen molar-refractivity contribution in [3.05, 3.63) is 27.7 Å². The predicted molar refractivity (Wildman–Crippen MR) is 65.4 cm³/mol. The van der Waals surface area contributed by atoms with Crippen LogP contribution in [-0.2, 0) is 4.79 Å². The lowest BCUT2D eigenvalue weighted by Crippen LogP contribution is -2.38. The molecule has 0 saturated carbocycles. The van der Waals surface area contributed by atoms with Crippen molar-refractivity contribution >= 4 is 45.2 Å². The number of hydrogen-bond donors (Lipinski definition) is 3. The van der Waals surface area contributed by atoms with E-state index < -0.39 is 11.9 Å². The molecule has 0 aromatic heterocycles. The predicted octanol–water partition coefficient (Wildman–Crippen LogP) is 1.71. The van der Waals surface area contributed by atoms with Gasteiger partial charge in [-0.25, -0.2) is 4.79 Å². The van der Waals surface area contributed by atoms with Crippen LogP contribution in [0, 0.1) is 0 Å².